The Labute approximate surface area is 209 Å². The SMILES string of the molecule is Cc1cc([C@@H](C)Nc2ccc(Cl)nc2S(N)(=O)=O)c2oc(C34CC(C(F)(F)F)(C3)C4)c(C)c(=O)c2c1. The lowest BCUT2D eigenvalue weighted by atomic mass is 9.34. The Morgan fingerprint density at radius 1 is 1.19 bits per heavy atom. The Hall–Kier alpha value is -2.63. The van der Waals surface area contributed by atoms with Crippen LogP contribution in [0.15, 0.2) is 38.5 Å². The van der Waals surface area contributed by atoms with Crippen molar-refractivity contribution >= 4 is 38.3 Å². The monoisotopic (exact) mass is 541 g/mol. The number of rotatable bonds is 5. The van der Waals surface area contributed by atoms with Crippen molar-refractivity contribution in [1.29, 1.82) is 0 Å². The third-order valence-electron chi connectivity index (χ3n) is 7.44. The predicted octanol–water partition coefficient (Wildman–Crippen LogP) is 5.26. The summed E-state index contributed by atoms with van der Waals surface area (Å²) >= 11 is 5.85. The van der Waals surface area contributed by atoms with E-state index in [1.165, 1.54) is 12.1 Å². The van der Waals surface area contributed by atoms with Crippen LogP contribution in [0.5, 0.6) is 0 Å². The van der Waals surface area contributed by atoms with Crippen LogP contribution in [-0.2, 0) is 15.4 Å². The molecular formula is C24H23ClF3N3O4S. The second-order valence-electron chi connectivity index (χ2n) is 10.1. The van der Waals surface area contributed by atoms with Crippen LogP contribution in [-0.4, -0.2) is 19.6 Å². The minimum Gasteiger partial charge on any atom is -0.460 e. The largest absolute Gasteiger partial charge is 0.460 e. The third-order valence-corrected chi connectivity index (χ3v) is 8.50. The quantitative estimate of drug-likeness (QED) is 0.426. The van der Waals surface area contributed by atoms with Gasteiger partial charge in [-0.1, -0.05) is 17.7 Å². The number of hydrogen-bond donors (Lipinski definition) is 2. The molecule has 7 nitrogen and oxygen atoms in total. The van der Waals surface area contributed by atoms with Gasteiger partial charge in [-0.25, -0.2) is 18.5 Å². The highest BCUT2D eigenvalue weighted by molar-refractivity contribution is 7.89. The molecular weight excluding hydrogens is 519 g/mol. The first-order valence-electron chi connectivity index (χ1n) is 11.2. The van der Waals surface area contributed by atoms with Crippen LogP contribution < -0.4 is 15.9 Å². The average Bonchev–Trinajstić information content (AvgIpc) is 2.69. The lowest BCUT2D eigenvalue weighted by Crippen LogP contribution is -2.70. The summed E-state index contributed by atoms with van der Waals surface area (Å²) in [6, 6.07) is 5.69. The zero-order valence-corrected chi connectivity index (χ0v) is 21.2. The maximum Gasteiger partial charge on any atom is 0.394 e. The van der Waals surface area contributed by atoms with Gasteiger partial charge in [-0.3, -0.25) is 4.79 Å². The van der Waals surface area contributed by atoms with Crippen molar-refractivity contribution in [3.05, 3.63) is 62.1 Å². The highest BCUT2D eigenvalue weighted by atomic mass is 35.5. The van der Waals surface area contributed by atoms with E-state index in [2.05, 4.69) is 10.3 Å². The second-order valence-corrected chi connectivity index (χ2v) is 12.0. The maximum atomic E-state index is 13.4. The zero-order chi connectivity index (χ0) is 26.4. The molecule has 3 aromatic rings. The molecule has 2 bridgehead atoms. The van der Waals surface area contributed by atoms with Crippen LogP contribution >= 0.6 is 11.6 Å². The molecule has 1 aromatic carbocycles. The molecule has 192 valence electrons. The lowest BCUT2D eigenvalue weighted by Gasteiger charge is -2.69. The van der Waals surface area contributed by atoms with Gasteiger partial charge in [0, 0.05) is 16.5 Å². The number of hydrogen-bond acceptors (Lipinski definition) is 6. The van der Waals surface area contributed by atoms with E-state index in [-0.39, 0.29) is 41.1 Å². The van der Waals surface area contributed by atoms with Crippen LogP contribution in [0.25, 0.3) is 11.0 Å². The number of sulfonamides is 1. The Balaban J connectivity index is 1.60. The summed E-state index contributed by atoms with van der Waals surface area (Å²) < 4.78 is 70.7. The fourth-order valence-corrected chi connectivity index (χ4v) is 6.64. The number of alkyl halides is 3. The van der Waals surface area contributed by atoms with Crippen molar-refractivity contribution in [1.82, 2.24) is 4.98 Å². The second kappa shape index (κ2) is 7.69. The van der Waals surface area contributed by atoms with Gasteiger partial charge in [0.15, 0.2) is 10.5 Å². The van der Waals surface area contributed by atoms with E-state index in [1.54, 1.807) is 32.9 Å². The molecule has 2 aromatic heterocycles. The van der Waals surface area contributed by atoms with Gasteiger partial charge in [-0.2, -0.15) is 13.2 Å². The summed E-state index contributed by atoms with van der Waals surface area (Å²) in [5.41, 5.74) is -0.831. The molecule has 3 saturated carbocycles. The molecule has 3 aliphatic carbocycles. The molecule has 0 amide bonds. The Morgan fingerprint density at radius 2 is 1.83 bits per heavy atom. The Bertz CT molecular complexity index is 1580. The van der Waals surface area contributed by atoms with Gasteiger partial charge >= 0.3 is 6.18 Å². The first-order valence-corrected chi connectivity index (χ1v) is 13.1. The molecule has 6 rings (SSSR count). The summed E-state index contributed by atoms with van der Waals surface area (Å²) in [4.78, 5) is 17.1. The number of fused-ring (bicyclic) bond motifs is 1. The van der Waals surface area contributed by atoms with Gasteiger partial charge in [0.1, 0.15) is 16.5 Å². The third kappa shape index (κ3) is 3.62. The molecule has 12 heteroatoms. The number of nitrogens with one attached hydrogen (secondary N) is 1. The van der Waals surface area contributed by atoms with Crippen molar-refractivity contribution in [3.63, 3.8) is 0 Å². The van der Waals surface area contributed by atoms with E-state index in [0.29, 0.717) is 22.3 Å². The van der Waals surface area contributed by atoms with E-state index in [9.17, 15) is 26.4 Å². The molecule has 0 aliphatic heterocycles. The van der Waals surface area contributed by atoms with Crippen LogP contribution in [0.4, 0.5) is 18.9 Å². The number of halogens is 4. The fraction of sp³-hybridized carbons (Fsp3) is 0.417. The van der Waals surface area contributed by atoms with E-state index in [4.69, 9.17) is 21.2 Å². The van der Waals surface area contributed by atoms with Crippen molar-refractivity contribution in [2.45, 2.75) is 62.7 Å². The number of nitrogens with zero attached hydrogens (tertiary/aromatic N) is 1. The molecule has 3 aliphatic rings. The summed E-state index contributed by atoms with van der Waals surface area (Å²) in [6.07, 6.45) is -4.57. The molecule has 0 saturated heterocycles. The first kappa shape index (κ1) is 25.0. The van der Waals surface area contributed by atoms with Gasteiger partial charge in [-0.15, -0.1) is 0 Å². The van der Waals surface area contributed by atoms with E-state index in [0.717, 1.165) is 5.56 Å². The molecule has 0 radical (unpaired) electrons. The first-order chi connectivity index (χ1) is 16.6. The zero-order valence-electron chi connectivity index (χ0n) is 19.6. The average molecular weight is 542 g/mol. The highest BCUT2D eigenvalue weighted by Gasteiger charge is 2.80. The predicted molar refractivity (Wildman–Crippen MR) is 129 cm³/mol. The molecule has 0 spiro atoms. The van der Waals surface area contributed by atoms with Gasteiger partial charge in [-0.05, 0) is 63.8 Å². The smallest absolute Gasteiger partial charge is 0.394 e. The summed E-state index contributed by atoms with van der Waals surface area (Å²) in [5, 5.41) is 8.15. The fourth-order valence-electron chi connectivity index (χ4n) is 5.78. The van der Waals surface area contributed by atoms with Crippen LogP contribution in [0, 0.1) is 19.3 Å². The number of aryl methyl sites for hydroxylation is 1. The standard InChI is InChI=1S/C24H23ClF3N3O4S/c1-11-6-14(13(3)30-16-4-5-17(25)31-21(16)36(29,33)34)19-15(7-11)18(32)12(2)20(35-19)22-8-23(9-22,10-22)24(26,27)28/h4-7,13,30H,8-10H2,1-3H3,(H2,29,33,34)/t13-,22?,23?/m1/s1. The lowest BCUT2D eigenvalue weighted by molar-refractivity contribution is -0.340. The van der Waals surface area contributed by atoms with E-state index >= 15 is 0 Å². The molecule has 36 heavy (non-hydrogen) atoms. The molecule has 2 heterocycles. The number of aromatic nitrogens is 1. The van der Waals surface area contributed by atoms with Crippen LogP contribution in [0.3, 0.4) is 0 Å². The minimum atomic E-state index is -4.28. The Kier molecular flexibility index (Phi) is 5.35. The van der Waals surface area contributed by atoms with Crippen molar-refractivity contribution in [2.75, 3.05) is 5.32 Å². The topological polar surface area (TPSA) is 115 Å². The summed E-state index contributed by atoms with van der Waals surface area (Å²) in [6.45, 7) is 5.11. The summed E-state index contributed by atoms with van der Waals surface area (Å²) in [5.74, 6) is 0.293. The number of benzene rings is 1. The van der Waals surface area contributed by atoms with Crippen LogP contribution in [0.2, 0.25) is 5.15 Å². The Morgan fingerprint density at radius 3 is 2.42 bits per heavy atom. The maximum absolute atomic E-state index is 13.4. The number of primary sulfonamides is 1. The van der Waals surface area contributed by atoms with Gasteiger partial charge in [0.05, 0.1) is 22.5 Å². The highest BCUT2D eigenvalue weighted by Crippen LogP contribution is 2.78. The number of anilines is 1. The van der Waals surface area contributed by atoms with Crippen molar-refractivity contribution < 1.29 is 26.0 Å². The van der Waals surface area contributed by atoms with E-state index < -0.39 is 38.1 Å². The van der Waals surface area contributed by atoms with Crippen molar-refractivity contribution in [3.8, 4) is 0 Å². The number of nitrogens with two attached hydrogens (primary N) is 1. The van der Waals surface area contributed by atoms with E-state index in [1.807, 2.05) is 0 Å². The number of pyridine rings is 1. The minimum absolute atomic E-state index is 0.0560. The molecule has 0 unspecified atom stereocenters. The summed E-state index contributed by atoms with van der Waals surface area (Å²) in [7, 11) is -4.20. The molecule has 3 N–H and O–H groups in total. The van der Waals surface area contributed by atoms with Gasteiger partial charge < -0.3 is 9.73 Å². The van der Waals surface area contributed by atoms with Crippen LogP contribution in [0.1, 0.15) is 54.7 Å². The molecule has 3 fully saturated rings. The van der Waals surface area contributed by atoms with Gasteiger partial charge in [0.2, 0.25) is 0 Å². The normalized spacial score (nSPS) is 24.2. The molecule has 1 atom stereocenters. The van der Waals surface area contributed by atoms with Gasteiger partial charge in [0.25, 0.3) is 10.0 Å². The van der Waals surface area contributed by atoms with Crippen molar-refractivity contribution in [2.24, 2.45) is 10.6 Å².